The first kappa shape index (κ1) is 8.27. The van der Waals surface area contributed by atoms with Gasteiger partial charge in [-0.15, -0.1) is 0 Å². The molecule has 0 spiro atoms. The van der Waals surface area contributed by atoms with Gasteiger partial charge < -0.3 is 10.2 Å². The Morgan fingerprint density at radius 1 is 1.42 bits per heavy atom. The molecule has 1 saturated carbocycles. The molecule has 2 N–H and O–H groups in total. The average Bonchev–Trinajstić information content (AvgIpc) is 2.63. The van der Waals surface area contributed by atoms with Crippen molar-refractivity contribution in [2.24, 2.45) is 23.2 Å². The number of rotatable bonds is 2. The fraction of sp³-hybridized carbons (Fsp3) is 0.800. The van der Waals surface area contributed by atoms with Gasteiger partial charge in [0.05, 0.1) is 0 Å². The monoisotopic (exact) mass is 168 g/mol. The quantitative estimate of drug-likeness (QED) is 0.599. The van der Waals surface area contributed by atoms with Gasteiger partial charge >= 0.3 is 0 Å². The van der Waals surface area contributed by atoms with Crippen LogP contribution in [0, 0.1) is 23.2 Å². The Hall–Kier alpha value is -0.340. The van der Waals surface area contributed by atoms with Crippen molar-refractivity contribution in [2.45, 2.75) is 13.3 Å². The van der Waals surface area contributed by atoms with Crippen molar-refractivity contribution in [3.63, 3.8) is 0 Å². The molecule has 0 radical (unpaired) electrons. The third-order valence-electron chi connectivity index (χ3n) is 3.87. The summed E-state index contributed by atoms with van der Waals surface area (Å²) in [7, 11) is 0. The van der Waals surface area contributed by atoms with Gasteiger partial charge in [0.2, 0.25) is 0 Å². The summed E-state index contributed by atoms with van der Waals surface area (Å²) in [5.41, 5.74) is -0.0613. The van der Waals surface area contributed by atoms with Crippen molar-refractivity contribution in [1.82, 2.24) is 0 Å². The van der Waals surface area contributed by atoms with Gasteiger partial charge in [-0.25, -0.2) is 0 Å². The number of allylic oxidation sites excluding steroid dienone is 2. The first-order valence-electron chi connectivity index (χ1n) is 4.62. The number of hydrogen-bond acceptors (Lipinski definition) is 2. The highest BCUT2D eigenvalue weighted by Gasteiger charge is 2.52. The van der Waals surface area contributed by atoms with E-state index in [4.69, 9.17) is 0 Å². The molecule has 2 rings (SSSR count). The van der Waals surface area contributed by atoms with Gasteiger partial charge in [-0.1, -0.05) is 19.1 Å². The highest BCUT2D eigenvalue weighted by atomic mass is 16.3. The van der Waals surface area contributed by atoms with Crippen molar-refractivity contribution in [3.8, 4) is 0 Å². The number of fused-ring (bicyclic) bond motifs is 2. The van der Waals surface area contributed by atoms with Gasteiger partial charge in [0.15, 0.2) is 0 Å². The van der Waals surface area contributed by atoms with E-state index in [2.05, 4.69) is 19.1 Å². The van der Waals surface area contributed by atoms with E-state index < -0.39 is 0 Å². The van der Waals surface area contributed by atoms with Gasteiger partial charge in [-0.05, 0) is 24.2 Å². The highest BCUT2D eigenvalue weighted by Crippen LogP contribution is 2.55. The maximum atomic E-state index is 9.30. The minimum absolute atomic E-state index is 0.0613. The molecular weight excluding hydrogens is 152 g/mol. The van der Waals surface area contributed by atoms with E-state index >= 15 is 0 Å². The van der Waals surface area contributed by atoms with Crippen molar-refractivity contribution >= 4 is 0 Å². The van der Waals surface area contributed by atoms with E-state index in [1.807, 2.05) is 0 Å². The SMILES string of the molecule is C[C@]1(CO)[C@@H]2C=C[C@@H](C2)[C@H]1CO. The molecule has 0 aromatic heterocycles. The molecule has 2 heteroatoms. The summed E-state index contributed by atoms with van der Waals surface area (Å²) in [4.78, 5) is 0. The molecule has 0 aliphatic heterocycles. The molecule has 0 aromatic rings. The highest BCUT2D eigenvalue weighted by molar-refractivity contribution is 5.17. The standard InChI is InChI=1S/C10H16O2/c1-10(6-12)8-3-2-7(4-8)9(10)5-11/h2-3,7-9,11-12H,4-6H2,1H3/t7-,8+,9+,10-/m0/s1. The van der Waals surface area contributed by atoms with Crippen LogP contribution in [-0.2, 0) is 0 Å². The van der Waals surface area contributed by atoms with E-state index in [1.165, 1.54) is 0 Å². The Labute approximate surface area is 72.9 Å². The second-order valence-electron chi connectivity index (χ2n) is 4.34. The molecule has 2 bridgehead atoms. The zero-order chi connectivity index (χ0) is 8.77. The largest absolute Gasteiger partial charge is 0.396 e. The van der Waals surface area contributed by atoms with Gasteiger partial charge in [0, 0.05) is 18.6 Å². The molecule has 2 aliphatic rings. The lowest BCUT2D eigenvalue weighted by Gasteiger charge is -2.36. The van der Waals surface area contributed by atoms with Crippen molar-refractivity contribution in [1.29, 1.82) is 0 Å². The average molecular weight is 168 g/mol. The normalized spacial score (nSPS) is 50.4. The third kappa shape index (κ3) is 0.824. The molecule has 2 nitrogen and oxygen atoms in total. The number of aliphatic hydroxyl groups excluding tert-OH is 2. The Balaban J connectivity index is 2.28. The Kier molecular flexibility index (Phi) is 1.77. The number of aliphatic hydroxyl groups is 2. The molecule has 68 valence electrons. The van der Waals surface area contributed by atoms with Crippen LogP contribution in [0.2, 0.25) is 0 Å². The topological polar surface area (TPSA) is 40.5 Å². The second-order valence-corrected chi connectivity index (χ2v) is 4.34. The van der Waals surface area contributed by atoms with Gasteiger partial charge in [0.25, 0.3) is 0 Å². The maximum Gasteiger partial charge on any atom is 0.0494 e. The first-order valence-corrected chi connectivity index (χ1v) is 4.62. The van der Waals surface area contributed by atoms with Crippen LogP contribution in [0.25, 0.3) is 0 Å². The molecule has 0 unspecified atom stereocenters. The Morgan fingerprint density at radius 2 is 2.17 bits per heavy atom. The van der Waals surface area contributed by atoms with Crippen LogP contribution in [0.3, 0.4) is 0 Å². The van der Waals surface area contributed by atoms with E-state index in [9.17, 15) is 10.2 Å². The van der Waals surface area contributed by atoms with Crippen LogP contribution in [0.4, 0.5) is 0 Å². The summed E-state index contributed by atoms with van der Waals surface area (Å²) in [5, 5.41) is 18.5. The lowest BCUT2D eigenvalue weighted by Crippen LogP contribution is -2.37. The molecule has 0 aromatic carbocycles. The molecule has 4 atom stereocenters. The van der Waals surface area contributed by atoms with Gasteiger partial charge in [0.1, 0.15) is 0 Å². The molecule has 0 heterocycles. The van der Waals surface area contributed by atoms with Crippen molar-refractivity contribution < 1.29 is 10.2 Å². The van der Waals surface area contributed by atoms with Crippen LogP contribution in [0.5, 0.6) is 0 Å². The molecule has 0 amide bonds. The Morgan fingerprint density at radius 3 is 2.67 bits per heavy atom. The second kappa shape index (κ2) is 2.57. The predicted molar refractivity (Wildman–Crippen MR) is 46.5 cm³/mol. The summed E-state index contributed by atoms with van der Waals surface area (Å²) < 4.78 is 0. The molecule has 12 heavy (non-hydrogen) atoms. The van der Waals surface area contributed by atoms with Crippen molar-refractivity contribution in [2.75, 3.05) is 13.2 Å². The maximum absolute atomic E-state index is 9.30. The van der Waals surface area contributed by atoms with E-state index in [0.29, 0.717) is 11.8 Å². The van der Waals surface area contributed by atoms with Crippen molar-refractivity contribution in [3.05, 3.63) is 12.2 Å². The summed E-state index contributed by atoms with van der Waals surface area (Å²) >= 11 is 0. The first-order chi connectivity index (χ1) is 5.72. The van der Waals surface area contributed by atoms with Crippen LogP contribution in [0.15, 0.2) is 12.2 Å². The molecule has 0 saturated heterocycles. The minimum Gasteiger partial charge on any atom is -0.396 e. The van der Waals surface area contributed by atoms with Crippen LogP contribution in [0.1, 0.15) is 13.3 Å². The smallest absolute Gasteiger partial charge is 0.0494 e. The van der Waals surface area contributed by atoms with Gasteiger partial charge in [-0.2, -0.15) is 0 Å². The zero-order valence-corrected chi connectivity index (χ0v) is 7.40. The fourth-order valence-corrected chi connectivity index (χ4v) is 2.86. The fourth-order valence-electron chi connectivity index (χ4n) is 2.86. The van der Waals surface area contributed by atoms with Crippen LogP contribution >= 0.6 is 0 Å². The zero-order valence-electron chi connectivity index (χ0n) is 7.40. The summed E-state index contributed by atoms with van der Waals surface area (Å²) in [6.07, 6.45) is 5.53. The molecule has 2 aliphatic carbocycles. The van der Waals surface area contributed by atoms with E-state index in [-0.39, 0.29) is 24.5 Å². The molecular formula is C10H16O2. The molecule has 1 fully saturated rings. The third-order valence-corrected chi connectivity index (χ3v) is 3.87. The van der Waals surface area contributed by atoms with E-state index in [1.54, 1.807) is 0 Å². The van der Waals surface area contributed by atoms with Crippen LogP contribution < -0.4 is 0 Å². The lowest BCUT2D eigenvalue weighted by molar-refractivity contribution is 0.0329. The number of hydrogen-bond donors (Lipinski definition) is 2. The van der Waals surface area contributed by atoms with E-state index in [0.717, 1.165) is 6.42 Å². The lowest BCUT2D eigenvalue weighted by atomic mass is 9.71. The summed E-state index contributed by atoms with van der Waals surface area (Å²) in [5.74, 6) is 1.28. The van der Waals surface area contributed by atoms with Crippen LogP contribution in [-0.4, -0.2) is 23.4 Å². The minimum atomic E-state index is -0.0613. The summed E-state index contributed by atoms with van der Waals surface area (Å²) in [6.45, 7) is 2.49. The summed E-state index contributed by atoms with van der Waals surface area (Å²) in [6, 6.07) is 0. The Bertz CT molecular complexity index is 212. The van der Waals surface area contributed by atoms with Gasteiger partial charge in [-0.3, -0.25) is 0 Å². The predicted octanol–water partition coefficient (Wildman–Crippen LogP) is 0.799.